The predicted octanol–water partition coefficient (Wildman–Crippen LogP) is 2.40. The number of amides is 1. The number of rotatable bonds is 6. The number of nitrogens with zero attached hydrogens (tertiary/aromatic N) is 5. The molecule has 2 fully saturated rings. The second-order valence-electron chi connectivity index (χ2n) is 7.04. The van der Waals surface area contributed by atoms with Crippen LogP contribution in [0.15, 0.2) is 42.7 Å². The highest BCUT2D eigenvalue weighted by molar-refractivity contribution is 8.00. The van der Waals surface area contributed by atoms with Gasteiger partial charge in [0.25, 0.3) is 0 Å². The fourth-order valence-corrected chi connectivity index (χ4v) is 4.93. The van der Waals surface area contributed by atoms with Gasteiger partial charge in [-0.25, -0.2) is 14.4 Å². The molecule has 6 nitrogen and oxygen atoms in total. The minimum atomic E-state index is -0.252. The van der Waals surface area contributed by atoms with Gasteiger partial charge in [-0.2, -0.15) is 0 Å². The Kier molecular flexibility index (Phi) is 6.07. The number of hydrogen-bond acceptors (Lipinski definition) is 6. The number of piperazine rings is 1. The quantitative estimate of drug-likeness (QED) is 0.741. The molecule has 2 aliphatic rings. The Morgan fingerprint density at radius 3 is 2.61 bits per heavy atom. The van der Waals surface area contributed by atoms with Crippen LogP contribution in [0.2, 0.25) is 0 Å². The van der Waals surface area contributed by atoms with Crippen LogP contribution in [0.1, 0.15) is 17.4 Å². The number of hydrogen-bond donors (Lipinski definition) is 0. The second kappa shape index (κ2) is 8.87. The summed E-state index contributed by atoms with van der Waals surface area (Å²) in [5, 5.41) is -0.0738. The first-order chi connectivity index (χ1) is 13.7. The summed E-state index contributed by atoms with van der Waals surface area (Å²) in [7, 11) is 0. The average molecular weight is 402 g/mol. The third kappa shape index (κ3) is 4.44. The van der Waals surface area contributed by atoms with Gasteiger partial charge in [0.1, 0.15) is 11.2 Å². The molecular formula is C20H24FN5OS. The van der Waals surface area contributed by atoms with Crippen LogP contribution in [0.4, 0.5) is 10.3 Å². The van der Waals surface area contributed by atoms with Gasteiger partial charge >= 0.3 is 0 Å². The van der Waals surface area contributed by atoms with Gasteiger partial charge in [0.2, 0.25) is 11.9 Å². The topological polar surface area (TPSA) is 52.6 Å². The van der Waals surface area contributed by atoms with Crippen LogP contribution in [-0.2, 0) is 4.79 Å². The minimum absolute atomic E-state index is 0.0738. The second-order valence-corrected chi connectivity index (χ2v) is 8.11. The minimum Gasteiger partial charge on any atom is -0.338 e. The van der Waals surface area contributed by atoms with Crippen molar-refractivity contribution in [2.24, 2.45) is 0 Å². The summed E-state index contributed by atoms with van der Waals surface area (Å²) in [5.74, 6) is 1.15. The normalized spacial score (nSPS) is 20.8. The number of carbonyl (C=O) groups excluding carboxylic acids is 1. The fraction of sp³-hybridized carbons (Fsp3) is 0.450. The van der Waals surface area contributed by atoms with Crippen molar-refractivity contribution in [1.82, 2.24) is 19.8 Å². The van der Waals surface area contributed by atoms with E-state index in [0.717, 1.165) is 50.7 Å². The molecule has 0 spiro atoms. The van der Waals surface area contributed by atoms with E-state index in [-0.39, 0.29) is 17.1 Å². The van der Waals surface area contributed by atoms with Crippen molar-refractivity contribution in [3.63, 3.8) is 0 Å². The van der Waals surface area contributed by atoms with Crippen LogP contribution < -0.4 is 4.90 Å². The molecule has 0 aliphatic carbocycles. The summed E-state index contributed by atoms with van der Waals surface area (Å²) in [6.07, 6.45) is 4.46. The first-order valence-electron chi connectivity index (χ1n) is 9.61. The standard InChI is InChI=1S/C20H24FN5OS/c21-17-5-1-4-16(14-17)19-26(18(27)15-28-19)9-3-8-24-10-12-25(13-11-24)20-22-6-2-7-23-20/h1-2,4-7,14,19H,3,8-13,15H2. The number of halogens is 1. The first-order valence-corrected chi connectivity index (χ1v) is 10.7. The number of aromatic nitrogens is 2. The molecule has 28 heavy (non-hydrogen) atoms. The Bertz CT molecular complexity index is 800. The highest BCUT2D eigenvalue weighted by atomic mass is 32.2. The van der Waals surface area contributed by atoms with Crippen LogP contribution in [0, 0.1) is 5.82 Å². The number of thioether (sulfide) groups is 1. The molecule has 148 valence electrons. The lowest BCUT2D eigenvalue weighted by molar-refractivity contribution is -0.128. The molecule has 2 aromatic rings. The van der Waals surface area contributed by atoms with Crippen molar-refractivity contribution in [3.05, 3.63) is 54.1 Å². The van der Waals surface area contributed by atoms with Gasteiger partial charge in [-0.3, -0.25) is 9.69 Å². The van der Waals surface area contributed by atoms with E-state index in [1.807, 2.05) is 17.0 Å². The third-order valence-electron chi connectivity index (χ3n) is 5.18. The molecule has 0 radical (unpaired) electrons. The molecule has 0 bridgehead atoms. The summed E-state index contributed by atoms with van der Waals surface area (Å²) < 4.78 is 13.6. The van der Waals surface area contributed by atoms with Crippen molar-refractivity contribution >= 4 is 23.6 Å². The van der Waals surface area contributed by atoms with Crippen molar-refractivity contribution in [2.75, 3.05) is 49.9 Å². The van der Waals surface area contributed by atoms with Gasteiger partial charge in [0, 0.05) is 45.1 Å². The lowest BCUT2D eigenvalue weighted by Crippen LogP contribution is -2.47. The summed E-state index contributed by atoms with van der Waals surface area (Å²) in [6.45, 7) is 5.41. The van der Waals surface area contributed by atoms with E-state index < -0.39 is 0 Å². The van der Waals surface area contributed by atoms with E-state index in [0.29, 0.717) is 12.3 Å². The average Bonchev–Trinajstić information content (AvgIpc) is 3.10. The van der Waals surface area contributed by atoms with Crippen molar-refractivity contribution in [1.29, 1.82) is 0 Å². The highest BCUT2D eigenvalue weighted by Gasteiger charge is 2.32. The summed E-state index contributed by atoms with van der Waals surface area (Å²) in [6, 6.07) is 8.41. The van der Waals surface area contributed by atoms with Crippen LogP contribution >= 0.6 is 11.8 Å². The van der Waals surface area contributed by atoms with Crippen LogP contribution in [0.25, 0.3) is 0 Å². The van der Waals surface area contributed by atoms with Crippen LogP contribution in [0.5, 0.6) is 0 Å². The Morgan fingerprint density at radius 1 is 1.07 bits per heavy atom. The molecule has 0 N–H and O–H groups in total. The fourth-order valence-electron chi connectivity index (χ4n) is 3.72. The Morgan fingerprint density at radius 2 is 1.86 bits per heavy atom. The van der Waals surface area contributed by atoms with Crippen molar-refractivity contribution < 1.29 is 9.18 Å². The SMILES string of the molecule is O=C1CSC(c2cccc(F)c2)N1CCCN1CCN(c2ncccn2)CC1. The Labute approximate surface area is 168 Å². The molecule has 1 unspecified atom stereocenters. The van der Waals surface area contributed by atoms with Gasteiger partial charge in [-0.15, -0.1) is 11.8 Å². The van der Waals surface area contributed by atoms with Gasteiger partial charge in [-0.1, -0.05) is 12.1 Å². The molecule has 0 saturated carbocycles. The highest BCUT2D eigenvalue weighted by Crippen LogP contribution is 2.38. The third-order valence-corrected chi connectivity index (χ3v) is 6.44. The zero-order valence-electron chi connectivity index (χ0n) is 15.7. The molecule has 4 rings (SSSR count). The Balaban J connectivity index is 1.26. The monoisotopic (exact) mass is 401 g/mol. The van der Waals surface area contributed by atoms with Crippen molar-refractivity contribution in [2.45, 2.75) is 11.8 Å². The molecule has 2 saturated heterocycles. The van der Waals surface area contributed by atoms with E-state index in [1.165, 1.54) is 12.1 Å². The van der Waals surface area contributed by atoms with Gasteiger partial charge in [-0.05, 0) is 36.7 Å². The van der Waals surface area contributed by atoms with Crippen molar-refractivity contribution in [3.8, 4) is 0 Å². The summed E-state index contributed by atoms with van der Waals surface area (Å²) in [5.41, 5.74) is 0.868. The zero-order valence-corrected chi connectivity index (χ0v) is 16.5. The lowest BCUT2D eigenvalue weighted by Gasteiger charge is -2.35. The molecule has 1 atom stereocenters. The number of anilines is 1. The van der Waals surface area contributed by atoms with E-state index in [1.54, 1.807) is 30.2 Å². The molecule has 2 aliphatic heterocycles. The smallest absolute Gasteiger partial charge is 0.233 e. The zero-order chi connectivity index (χ0) is 19.3. The summed E-state index contributed by atoms with van der Waals surface area (Å²) in [4.78, 5) is 27.5. The predicted molar refractivity (Wildman–Crippen MR) is 109 cm³/mol. The molecule has 1 amide bonds. The lowest BCUT2D eigenvalue weighted by atomic mass is 10.2. The number of benzene rings is 1. The van der Waals surface area contributed by atoms with Crippen LogP contribution in [-0.4, -0.2) is 70.7 Å². The van der Waals surface area contributed by atoms with Gasteiger partial charge < -0.3 is 9.80 Å². The Hall–Kier alpha value is -2.19. The first kappa shape index (κ1) is 19.1. The maximum Gasteiger partial charge on any atom is 0.233 e. The van der Waals surface area contributed by atoms with Gasteiger partial charge in [0.15, 0.2) is 0 Å². The molecule has 3 heterocycles. The van der Waals surface area contributed by atoms with E-state index >= 15 is 0 Å². The van der Waals surface area contributed by atoms with Gasteiger partial charge in [0.05, 0.1) is 5.75 Å². The van der Waals surface area contributed by atoms with Crippen LogP contribution in [0.3, 0.4) is 0 Å². The molecule has 1 aromatic carbocycles. The molecule has 1 aromatic heterocycles. The molecule has 8 heteroatoms. The summed E-state index contributed by atoms with van der Waals surface area (Å²) >= 11 is 1.58. The number of carbonyl (C=O) groups is 1. The largest absolute Gasteiger partial charge is 0.338 e. The van der Waals surface area contributed by atoms with E-state index in [2.05, 4.69) is 19.8 Å². The van der Waals surface area contributed by atoms with E-state index in [9.17, 15) is 9.18 Å². The maximum atomic E-state index is 13.6. The van der Waals surface area contributed by atoms with E-state index in [4.69, 9.17) is 0 Å². The molecular weight excluding hydrogens is 377 g/mol. The maximum absolute atomic E-state index is 13.6.